The minimum atomic E-state index is -0.934. The number of benzene rings is 1. The second-order valence-corrected chi connectivity index (χ2v) is 5.61. The number of carboxylic acid groups (broad SMARTS) is 1. The number of aromatic nitrogens is 1. The zero-order chi connectivity index (χ0) is 13.2. The Morgan fingerprint density at radius 2 is 2.05 bits per heavy atom. The van der Waals surface area contributed by atoms with Crippen molar-refractivity contribution in [3.8, 4) is 0 Å². The highest BCUT2D eigenvalue weighted by molar-refractivity contribution is 7.99. The van der Waals surface area contributed by atoms with Gasteiger partial charge < -0.3 is 5.11 Å². The van der Waals surface area contributed by atoms with Crippen molar-refractivity contribution in [1.82, 2.24) is 4.98 Å². The summed E-state index contributed by atoms with van der Waals surface area (Å²) >= 11 is 1.42. The zero-order valence-corrected chi connectivity index (χ0v) is 11.1. The van der Waals surface area contributed by atoms with Crippen molar-refractivity contribution >= 4 is 17.7 Å². The average molecular weight is 271 g/mol. The predicted molar refractivity (Wildman–Crippen MR) is 73.8 cm³/mol. The van der Waals surface area contributed by atoms with E-state index in [1.165, 1.54) is 29.3 Å². The molecular formula is C15H13NO2S. The van der Waals surface area contributed by atoms with Gasteiger partial charge in [-0.3, -0.25) is 0 Å². The Balaban J connectivity index is 1.91. The van der Waals surface area contributed by atoms with Crippen LogP contribution in [0.2, 0.25) is 0 Å². The van der Waals surface area contributed by atoms with Gasteiger partial charge in [-0.15, -0.1) is 0 Å². The number of hydrogen-bond acceptors (Lipinski definition) is 3. The molecular weight excluding hydrogens is 258 g/mol. The molecule has 1 aliphatic rings. The molecule has 0 radical (unpaired) electrons. The van der Waals surface area contributed by atoms with Gasteiger partial charge in [0.05, 0.1) is 5.56 Å². The number of hydrogen-bond donors (Lipinski definition) is 1. The van der Waals surface area contributed by atoms with Crippen LogP contribution >= 0.6 is 11.8 Å². The molecule has 1 heterocycles. The molecule has 0 bridgehead atoms. The van der Waals surface area contributed by atoms with E-state index in [0.717, 1.165) is 17.7 Å². The number of fused-ring (bicyclic) bond motifs is 1. The SMILES string of the molecule is O=C(O)c1cccnc1Sc1ccc2c(c1)CCC2. The lowest BCUT2D eigenvalue weighted by Crippen LogP contribution is -2.00. The molecule has 96 valence electrons. The molecule has 1 aliphatic carbocycles. The second kappa shape index (κ2) is 5.05. The van der Waals surface area contributed by atoms with E-state index in [4.69, 9.17) is 5.11 Å². The van der Waals surface area contributed by atoms with E-state index in [1.807, 2.05) is 0 Å². The van der Waals surface area contributed by atoms with Gasteiger partial charge in [0, 0.05) is 11.1 Å². The summed E-state index contributed by atoms with van der Waals surface area (Å²) in [6.45, 7) is 0. The highest BCUT2D eigenvalue weighted by Crippen LogP contribution is 2.32. The summed E-state index contributed by atoms with van der Waals surface area (Å²) < 4.78 is 0. The Morgan fingerprint density at radius 3 is 2.89 bits per heavy atom. The molecule has 0 atom stereocenters. The molecule has 4 heteroatoms. The maximum Gasteiger partial charge on any atom is 0.338 e. The molecule has 0 saturated heterocycles. The van der Waals surface area contributed by atoms with E-state index in [1.54, 1.807) is 18.3 Å². The lowest BCUT2D eigenvalue weighted by molar-refractivity contribution is 0.0692. The number of aromatic carboxylic acids is 1. The lowest BCUT2D eigenvalue weighted by Gasteiger charge is -2.06. The third-order valence-corrected chi connectivity index (χ3v) is 4.29. The van der Waals surface area contributed by atoms with Crippen LogP contribution in [0.3, 0.4) is 0 Å². The maximum atomic E-state index is 11.1. The summed E-state index contributed by atoms with van der Waals surface area (Å²) in [5.74, 6) is -0.934. The van der Waals surface area contributed by atoms with Crippen molar-refractivity contribution in [2.75, 3.05) is 0 Å². The third kappa shape index (κ3) is 2.49. The van der Waals surface area contributed by atoms with Crippen LogP contribution in [0.5, 0.6) is 0 Å². The Kier molecular flexibility index (Phi) is 3.25. The fraction of sp³-hybridized carbons (Fsp3) is 0.200. The van der Waals surface area contributed by atoms with Crippen LogP contribution in [0.1, 0.15) is 27.9 Å². The first-order chi connectivity index (χ1) is 9.24. The molecule has 1 N–H and O–H groups in total. The summed E-state index contributed by atoms with van der Waals surface area (Å²) in [6, 6.07) is 9.59. The quantitative estimate of drug-likeness (QED) is 0.929. The molecule has 0 fully saturated rings. The number of carbonyl (C=O) groups is 1. The van der Waals surface area contributed by atoms with Crippen LogP contribution in [0.15, 0.2) is 46.5 Å². The molecule has 3 rings (SSSR count). The van der Waals surface area contributed by atoms with Crippen molar-refractivity contribution in [3.63, 3.8) is 0 Å². The van der Waals surface area contributed by atoms with Gasteiger partial charge >= 0.3 is 5.97 Å². The van der Waals surface area contributed by atoms with Gasteiger partial charge in [0.25, 0.3) is 0 Å². The molecule has 1 aromatic carbocycles. The van der Waals surface area contributed by atoms with Crippen LogP contribution in [-0.2, 0) is 12.8 Å². The van der Waals surface area contributed by atoms with Crippen molar-refractivity contribution in [2.45, 2.75) is 29.2 Å². The van der Waals surface area contributed by atoms with Crippen LogP contribution in [0.25, 0.3) is 0 Å². The first-order valence-corrected chi connectivity index (χ1v) is 7.03. The van der Waals surface area contributed by atoms with Crippen LogP contribution in [0.4, 0.5) is 0 Å². The molecule has 1 aromatic heterocycles. The summed E-state index contributed by atoms with van der Waals surface area (Å²) in [4.78, 5) is 16.4. The van der Waals surface area contributed by atoms with E-state index in [0.29, 0.717) is 5.03 Å². The monoisotopic (exact) mass is 271 g/mol. The number of pyridine rings is 1. The minimum Gasteiger partial charge on any atom is -0.478 e. The van der Waals surface area contributed by atoms with Crippen molar-refractivity contribution in [1.29, 1.82) is 0 Å². The van der Waals surface area contributed by atoms with Gasteiger partial charge in [0.1, 0.15) is 5.03 Å². The molecule has 0 spiro atoms. The maximum absolute atomic E-state index is 11.1. The fourth-order valence-electron chi connectivity index (χ4n) is 2.36. The number of aryl methyl sites for hydroxylation is 2. The van der Waals surface area contributed by atoms with Gasteiger partial charge in [-0.05, 0) is 54.7 Å². The summed E-state index contributed by atoms with van der Waals surface area (Å²) in [6.07, 6.45) is 5.12. The van der Waals surface area contributed by atoms with Crippen LogP contribution in [0, 0.1) is 0 Å². The van der Waals surface area contributed by atoms with Crippen LogP contribution in [-0.4, -0.2) is 16.1 Å². The normalized spacial score (nSPS) is 13.3. The summed E-state index contributed by atoms with van der Waals surface area (Å²) in [7, 11) is 0. The topological polar surface area (TPSA) is 50.2 Å². The number of carboxylic acids is 1. The molecule has 3 nitrogen and oxygen atoms in total. The highest BCUT2D eigenvalue weighted by Gasteiger charge is 2.14. The van der Waals surface area contributed by atoms with Gasteiger partial charge in [0.15, 0.2) is 0 Å². The van der Waals surface area contributed by atoms with Gasteiger partial charge in [0.2, 0.25) is 0 Å². The van der Waals surface area contributed by atoms with Crippen LogP contribution < -0.4 is 0 Å². The first kappa shape index (κ1) is 12.2. The van der Waals surface area contributed by atoms with Gasteiger partial charge in [-0.25, -0.2) is 9.78 Å². The third-order valence-electron chi connectivity index (χ3n) is 3.29. The average Bonchev–Trinajstić information content (AvgIpc) is 2.86. The van der Waals surface area contributed by atoms with E-state index in [-0.39, 0.29) is 5.56 Å². The van der Waals surface area contributed by atoms with E-state index in [2.05, 4.69) is 23.2 Å². The zero-order valence-electron chi connectivity index (χ0n) is 10.3. The molecule has 0 amide bonds. The summed E-state index contributed by atoms with van der Waals surface area (Å²) in [5.41, 5.74) is 3.06. The standard InChI is InChI=1S/C15H13NO2S/c17-15(18)13-5-2-8-16-14(13)19-12-7-6-10-3-1-4-11(10)9-12/h2,5-9H,1,3-4H2,(H,17,18). The summed E-state index contributed by atoms with van der Waals surface area (Å²) in [5, 5.41) is 9.69. The van der Waals surface area contributed by atoms with Gasteiger partial charge in [-0.1, -0.05) is 17.8 Å². The Hall–Kier alpha value is -1.81. The Morgan fingerprint density at radius 1 is 1.21 bits per heavy atom. The van der Waals surface area contributed by atoms with E-state index in [9.17, 15) is 4.79 Å². The fourth-order valence-corrected chi connectivity index (χ4v) is 3.30. The molecule has 0 unspecified atom stereocenters. The molecule has 19 heavy (non-hydrogen) atoms. The Labute approximate surface area is 115 Å². The largest absolute Gasteiger partial charge is 0.478 e. The molecule has 0 saturated carbocycles. The highest BCUT2D eigenvalue weighted by atomic mass is 32.2. The predicted octanol–water partition coefficient (Wildman–Crippen LogP) is 3.42. The van der Waals surface area contributed by atoms with Crippen molar-refractivity contribution in [3.05, 3.63) is 53.2 Å². The molecule has 2 aromatic rings. The van der Waals surface area contributed by atoms with E-state index < -0.39 is 5.97 Å². The Bertz CT molecular complexity index is 640. The molecule has 0 aliphatic heterocycles. The number of nitrogens with zero attached hydrogens (tertiary/aromatic N) is 1. The van der Waals surface area contributed by atoms with Crippen molar-refractivity contribution in [2.24, 2.45) is 0 Å². The lowest BCUT2D eigenvalue weighted by atomic mass is 10.1. The minimum absolute atomic E-state index is 0.257. The second-order valence-electron chi connectivity index (χ2n) is 4.55. The number of rotatable bonds is 3. The van der Waals surface area contributed by atoms with Gasteiger partial charge in [-0.2, -0.15) is 0 Å². The smallest absolute Gasteiger partial charge is 0.338 e. The van der Waals surface area contributed by atoms with Crippen molar-refractivity contribution < 1.29 is 9.90 Å². The van der Waals surface area contributed by atoms with E-state index >= 15 is 0 Å². The first-order valence-electron chi connectivity index (χ1n) is 6.22.